The summed E-state index contributed by atoms with van der Waals surface area (Å²) in [6.07, 6.45) is 4.03. The first-order chi connectivity index (χ1) is 13.6. The van der Waals surface area contributed by atoms with E-state index in [1.807, 2.05) is 12.1 Å². The molecule has 4 rings (SSSR count). The number of aliphatic imine (C=N–C) groups is 1. The third kappa shape index (κ3) is 4.78. The van der Waals surface area contributed by atoms with Gasteiger partial charge in [0.05, 0.1) is 6.54 Å². The molecular formula is C20H27IN4O2S2. The van der Waals surface area contributed by atoms with Crippen molar-refractivity contribution in [3.8, 4) is 0 Å². The lowest BCUT2D eigenvalue weighted by Crippen LogP contribution is -2.40. The summed E-state index contributed by atoms with van der Waals surface area (Å²) in [5.41, 5.74) is 2.52. The Morgan fingerprint density at radius 3 is 2.62 bits per heavy atom. The number of halogens is 1. The fraction of sp³-hybridized carbons (Fsp3) is 0.450. The minimum absolute atomic E-state index is 0. The normalized spacial score (nSPS) is 17.7. The zero-order chi connectivity index (χ0) is 19.6. The van der Waals surface area contributed by atoms with Crippen LogP contribution >= 0.6 is 35.3 Å². The molecule has 1 saturated heterocycles. The largest absolute Gasteiger partial charge is 0.351 e. The third-order valence-corrected chi connectivity index (χ3v) is 8.77. The number of guanidine groups is 1. The van der Waals surface area contributed by atoms with Crippen LogP contribution in [0.15, 0.2) is 45.6 Å². The summed E-state index contributed by atoms with van der Waals surface area (Å²) in [5, 5.41) is 3.39. The van der Waals surface area contributed by atoms with E-state index in [0.29, 0.717) is 23.8 Å². The Kier molecular flexibility index (Phi) is 7.58. The minimum atomic E-state index is -3.36. The number of anilines is 1. The van der Waals surface area contributed by atoms with Gasteiger partial charge >= 0.3 is 0 Å². The van der Waals surface area contributed by atoms with Crippen LogP contribution in [0.25, 0.3) is 0 Å². The van der Waals surface area contributed by atoms with E-state index in [9.17, 15) is 8.42 Å². The van der Waals surface area contributed by atoms with E-state index in [-0.39, 0.29) is 24.0 Å². The Hall–Kier alpha value is -1.17. The van der Waals surface area contributed by atoms with Crippen LogP contribution < -0.4 is 10.2 Å². The Labute approximate surface area is 194 Å². The maximum Gasteiger partial charge on any atom is 0.252 e. The molecule has 0 bridgehead atoms. The molecule has 1 N–H and O–H groups in total. The second-order valence-electron chi connectivity index (χ2n) is 7.12. The summed E-state index contributed by atoms with van der Waals surface area (Å²) in [6, 6.07) is 12.0. The van der Waals surface area contributed by atoms with E-state index in [1.165, 1.54) is 22.6 Å². The number of rotatable bonds is 4. The molecule has 1 aromatic carbocycles. The Morgan fingerprint density at radius 1 is 1.10 bits per heavy atom. The van der Waals surface area contributed by atoms with Gasteiger partial charge in [-0.25, -0.2) is 8.42 Å². The van der Waals surface area contributed by atoms with E-state index in [2.05, 4.69) is 33.4 Å². The monoisotopic (exact) mass is 546 g/mol. The van der Waals surface area contributed by atoms with Gasteiger partial charge < -0.3 is 10.2 Å². The van der Waals surface area contributed by atoms with Crippen molar-refractivity contribution >= 4 is 57.0 Å². The molecule has 158 valence electrons. The van der Waals surface area contributed by atoms with Crippen LogP contribution in [0.1, 0.15) is 29.7 Å². The fourth-order valence-electron chi connectivity index (χ4n) is 3.84. The zero-order valence-corrected chi connectivity index (χ0v) is 20.5. The number of piperidine rings is 1. The van der Waals surface area contributed by atoms with Gasteiger partial charge in [0.15, 0.2) is 5.96 Å². The quantitative estimate of drug-likeness (QED) is 0.361. The second-order valence-corrected chi connectivity index (χ2v) is 10.4. The molecule has 0 saturated carbocycles. The predicted octanol–water partition coefficient (Wildman–Crippen LogP) is 3.68. The molecule has 0 radical (unpaired) electrons. The van der Waals surface area contributed by atoms with Crippen molar-refractivity contribution in [2.24, 2.45) is 4.99 Å². The third-order valence-electron chi connectivity index (χ3n) is 5.32. The predicted molar refractivity (Wildman–Crippen MR) is 130 cm³/mol. The summed E-state index contributed by atoms with van der Waals surface area (Å²) in [6.45, 7) is 2.73. The molecule has 2 aliphatic rings. The Balaban J connectivity index is 0.00000240. The summed E-state index contributed by atoms with van der Waals surface area (Å²) in [4.78, 5) is 7.60. The van der Waals surface area contributed by atoms with Crippen molar-refractivity contribution in [3.63, 3.8) is 0 Å². The highest BCUT2D eigenvalue weighted by Gasteiger charge is 2.27. The lowest BCUT2D eigenvalue weighted by molar-refractivity contribution is 0.347. The second kappa shape index (κ2) is 9.76. The van der Waals surface area contributed by atoms with E-state index in [1.54, 1.807) is 17.4 Å². The van der Waals surface area contributed by atoms with Crippen molar-refractivity contribution in [1.82, 2.24) is 9.62 Å². The Bertz CT molecular complexity index is 968. The number of thiophene rings is 1. The molecule has 2 aromatic rings. The van der Waals surface area contributed by atoms with E-state index >= 15 is 0 Å². The topological polar surface area (TPSA) is 65.0 Å². The van der Waals surface area contributed by atoms with Gasteiger partial charge in [0.25, 0.3) is 10.0 Å². The average Bonchev–Trinajstić information content (AvgIpc) is 3.37. The Morgan fingerprint density at radius 2 is 1.86 bits per heavy atom. The van der Waals surface area contributed by atoms with Gasteiger partial charge in [-0.15, -0.1) is 35.3 Å². The van der Waals surface area contributed by atoms with Gasteiger partial charge in [-0.3, -0.25) is 4.99 Å². The molecule has 9 heteroatoms. The molecule has 0 atom stereocenters. The number of benzene rings is 1. The van der Waals surface area contributed by atoms with E-state index < -0.39 is 10.0 Å². The fourth-order valence-corrected chi connectivity index (χ4v) is 6.81. The first kappa shape index (κ1) is 22.5. The molecule has 1 fully saturated rings. The first-order valence-corrected chi connectivity index (χ1v) is 12.0. The molecule has 2 aliphatic heterocycles. The number of fused-ring (bicyclic) bond motifs is 1. The summed E-state index contributed by atoms with van der Waals surface area (Å²) >= 11 is 1.35. The van der Waals surface area contributed by atoms with Crippen LogP contribution in [0.4, 0.5) is 5.69 Å². The van der Waals surface area contributed by atoms with Crippen molar-refractivity contribution in [1.29, 1.82) is 0 Å². The maximum atomic E-state index is 12.8. The molecule has 6 nitrogen and oxygen atoms in total. The lowest BCUT2D eigenvalue weighted by Gasteiger charge is -2.25. The van der Waals surface area contributed by atoms with Gasteiger partial charge in [0.1, 0.15) is 4.21 Å². The number of sulfonamides is 1. The molecule has 1 aromatic heterocycles. The van der Waals surface area contributed by atoms with Crippen molar-refractivity contribution in [2.45, 2.75) is 36.4 Å². The van der Waals surface area contributed by atoms with Gasteiger partial charge in [-0.05, 0) is 43.0 Å². The standard InChI is InChI=1S/C20H26N4O2S2.HI/c1-21-20(24-14-11-16-7-3-4-8-18(16)24)22-15-17-9-10-19(27-17)28(25,26)23-12-5-2-6-13-23;/h3-4,7-10H,2,5-6,11-15H2,1H3,(H,21,22);1H. The highest BCUT2D eigenvalue weighted by molar-refractivity contribution is 14.0. The SMILES string of the molecule is CN=C(NCc1ccc(S(=O)(=O)N2CCCCC2)s1)N1CCc2ccccc21.I. The van der Waals surface area contributed by atoms with Crippen LogP contribution in [0.2, 0.25) is 0 Å². The molecule has 0 aliphatic carbocycles. The smallest absolute Gasteiger partial charge is 0.252 e. The van der Waals surface area contributed by atoms with Crippen molar-refractivity contribution < 1.29 is 8.42 Å². The molecule has 0 spiro atoms. The maximum absolute atomic E-state index is 12.8. The molecule has 3 heterocycles. The summed E-state index contributed by atoms with van der Waals surface area (Å²) < 4.78 is 27.7. The van der Waals surface area contributed by atoms with Crippen LogP contribution in [-0.4, -0.2) is 45.4 Å². The van der Waals surface area contributed by atoms with Gasteiger partial charge in [0, 0.05) is 37.2 Å². The van der Waals surface area contributed by atoms with E-state index in [0.717, 1.165) is 43.1 Å². The van der Waals surface area contributed by atoms with Crippen molar-refractivity contribution in [2.75, 3.05) is 31.6 Å². The van der Waals surface area contributed by atoms with Gasteiger partial charge in [0.2, 0.25) is 0 Å². The highest BCUT2D eigenvalue weighted by Crippen LogP contribution is 2.29. The number of hydrogen-bond acceptors (Lipinski definition) is 4. The van der Waals surface area contributed by atoms with Gasteiger partial charge in [-0.1, -0.05) is 24.6 Å². The van der Waals surface area contributed by atoms with E-state index in [4.69, 9.17) is 0 Å². The molecule has 0 unspecified atom stereocenters. The number of nitrogens with one attached hydrogen (secondary N) is 1. The lowest BCUT2D eigenvalue weighted by atomic mass is 10.2. The molecular weight excluding hydrogens is 519 g/mol. The highest BCUT2D eigenvalue weighted by atomic mass is 127. The van der Waals surface area contributed by atoms with Crippen LogP contribution in [0.5, 0.6) is 0 Å². The van der Waals surface area contributed by atoms with Crippen molar-refractivity contribution in [3.05, 3.63) is 46.8 Å². The average molecular weight is 547 g/mol. The molecule has 29 heavy (non-hydrogen) atoms. The first-order valence-electron chi connectivity index (χ1n) is 9.74. The van der Waals surface area contributed by atoms with Gasteiger partial charge in [-0.2, -0.15) is 4.31 Å². The minimum Gasteiger partial charge on any atom is -0.351 e. The van der Waals surface area contributed by atoms with Crippen LogP contribution in [0, 0.1) is 0 Å². The van der Waals surface area contributed by atoms with Crippen LogP contribution in [-0.2, 0) is 23.0 Å². The van der Waals surface area contributed by atoms with Crippen LogP contribution in [0.3, 0.4) is 0 Å². The number of hydrogen-bond donors (Lipinski definition) is 1. The number of para-hydroxylation sites is 1. The zero-order valence-electron chi connectivity index (χ0n) is 16.5. The number of nitrogens with zero attached hydrogens (tertiary/aromatic N) is 3. The summed E-state index contributed by atoms with van der Waals surface area (Å²) in [5.74, 6) is 0.818. The summed E-state index contributed by atoms with van der Waals surface area (Å²) in [7, 11) is -1.58. The molecule has 0 amide bonds.